The molecule has 0 unspecified atom stereocenters. The molecule has 0 amide bonds. The first-order valence-corrected chi connectivity index (χ1v) is 6.93. The molecule has 0 aromatic heterocycles. The fourth-order valence-electron chi connectivity index (χ4n) is 2.31. The monoisotopic (exact) mass is 272 g/mol. The van der Waals surface area contributed by atoms with Crippen molar-refractivity contribution < 1.29 is 4.39 Å². The zero-order chi connectivity index (χ0) is 14.5. The van der Waals surface area contributed by atoms with Gasteiger partial charge in [-0.25, -0.2) is 4.39 Å². The second-order valence-corrected chi connectivity index (χ2v) is 4.98. The fourth-order valence-corrected chi connectivity index (χ4v) is 2.31. The van der Waals surface area contributed by atoms with E-state index >= 15 is 0 Å². The molecule has 0 aliphatic rings. The lowest BCUT2D eigenvalue weighted by atomic mass is 10.1. The molecule has 0 aliphatic carbocycles. The van der Waals surface area contributed by atoms with Crippen LogP contribution in [-0.2, 0) is 13.1 Å². The van der Waals surface area contributed by atoms with Gasteiger partial charge in [-0.15, -0.1) is 0 Å². The van der Waals surface area contributed by atoms with E-state index in [1.54, 1.807) is 0 Å². The van der Waals surface area contributed by atoms with Gasteiger partial charge in [-0.2, -0.15) is 0 Å². The zero-order valence-corrected chi connectivity index (χ0v) is 12.1. The van der Waals surface area contributed by atoms with Crippen LogP contribution in [0.2, 0.25) is 0 Å². The van der Waals surface area contributed by atoms with Crippen LogP contribution in [0.25, 0.3) is 0 Å². The standard InChI is InChI=1S/C17H21FN2/c1-3-20(16-6-4-5-13(2)9-16)12-14-7-8-17(18)15(10-14)11-19/h4-10H,3,11-12,19H2,1-2H3. The maximum absolute atomic E-state index is 13.5. The van der Waals surface area contributed by atoms with Crippen molar-refractivity contribution >= 4 is 5.69 Å². The number of anilines is 1. The van der Waals surface area contributed by atoms with Crippen LogP contribution < -0.4 is 10.6 Å². The molecule has 2 aromatic rings. The molecule has 0 saturated heterocycles. The maximum Gasteiger partial charge on any atom is 0.127 e. The average molecular weight is 272 g/mol. The Labute approximate surface area is 120 Å². The summed E-state index contributed by atoms with van der Waals surface area (Å²) in [5.41, 5.74) is 9.64. The highest BCUT2D eigenvalue weighted by Gasteiger charge is 2.08. The minimum Gasteiger partial charge on any atom is -0.367 e. The van der Waals surface area contributed by atoms with Crippen LogP contribution in [0.15, 0.2) is 42.5 Å². The van der Waals surface area contributed by atoms with Crippen LogP contribution in [0.1, 0.15) is 23.6 Å². The number of halogens is 1. The van der Waals surface area contributed by atoms with Crippen molar-refractivity contribution in [3.8, 4) is 0 Å². The zero-order valence-electron chi connectivity index (χ0n) is 12.1. The molecular formula is C17H21FN2. The Kier molecular flexibility index (Phi) is 4.74. The normalized spacial score (nSPS) is 10.6. The minimum absolute atomic E-state index is 0.227. The van der Waals surface area contributed by atoms with Gasteiger partial charge in [-0.3, -0.25) is 0 Å². The third-order valence-electron chi connectivity index (χ3n) is 3.45. The number of aryl methyl sites for hydroxylation is 1. The fraction of sp³-hybridized carbons (Fsp3) is 0.294. The number of benzene rings is 2. The molecule has 20 heavy (non-hydrogen) atoms. The van der Waals surface area contributed by atoms with Gasteiger partial charge in [0.2, 0.25) is 0 Å². The van der Waals surface area contributed by atoms with E-state index in [2.05, 4.69) is 43.0 Å². The van der Waals surface area contributed by atoms with Crippen molar-refractivity contribution in [3.63, 3.8) is 0 Å². The summed E-state index contributed by atoms with van der Waals surface area (Å²) >= 11 is 0. The molecule has 2 N–H and O–H groups in total. The topological polar surface area (TPSA) is 29.3 Å². The van der Waals surface area contributed by atoms with Crippen molar-refractivity contribution in [1.29, 1.82) is 0 Å². The number of nitrogens with zero attached hydrogens (tertiary/aromatic N) is 1. The van der Waals surface area contributed by atoms with E-state index in [4.69, 9.17) is 5.73 Å². The first-order chi connectivity index (χ1) is 9.63. The van der Waals surface area contributed by atoms with Gasteiger partial charge in [0, 0.05) is 30.9 Å². The van der Waals surface area contributed by atoms with Crippen molar-refractivity contribution in [3.05, 3.63) is 65.0 Å². The second kappa shape index (κ2) is 6.53. The van der Waals surface area contributed by atoms with E-state index in [1.165, 1.54) is 17.3 Å². The van der Waals surface area contributed by atoms with E-state index in [0.29, 0.717) is 5.56 Å². The van der Waals surface area contributed by atoms with Gasteiger partial charge in [0.1, 0.15) is 5.82 Å². The van der Waals surface area contributed by atoms with Crippen LogP contribution in [-0.4, -0.2) is 6.54 Å². The molecular weight excluding hydrogens is 251 g/mol. The van der Waals surface area contributed by atoms with Crippen molar-refractivity contribution in [2.24, 2.45) is 5.73 Å². The number of hydrogen-bond acceptors (Lipinski definition) is 2. The molecule has 0 aliphatic heterocycles. The Bertz CT molecular complexity index is 581. The molecule has 0 heterocycles. The van der Waals surface area contributed by atoms with E-state index in [0.717, 1.165) is 18.7 Å². The predicted octanol–water partition coefficient (Wildman–Crippen LogP) is 3.62. The largest absolute Gasteiger partial charge is 0.367 e. The van der Waals surface area contributed by atoms with Crippen molar-refractivity contribution in [1.82, 2.24) is 0 Å². The van der Waals surface area contributed by atoms with Crippen LogP contribution in [0, 0.1) is 12.7 Å². The van der Waals surface area contributed by atoms with E-state index in [-0.39, 0.29) is 12.4 Å². The van der Waals surface area contributed by atoms with Crippen LogP contribution in [0.4, 0.5) is 10.1 Å². The van der Waals surface area contributed by atoms with Crippen LogP contribution >= 0.6 is 0 Å². The van der Waals surface area contributed by atoms with E-state index in [9.17, 15) is 4.39 Å². The lowest BCUT2D eigenvalue weighted by molar-refractivity contribution is 0.609. The average Bonchev–Trinajstić information content (AvgIpc) is 2.46. The van der Waals surface area contributed by atoms with Gasteiger partial charge in [-0.1, -0.05) is 18.2 Å². The number of nitrogens with two attached hydrogens (primary N) is 1. The summed E-state index contributed by atoms with van der Waals surface area (Å²) in [7, 11) is 0. The molecule has 106 valence electrons. The Balaban J connectivity index is 2.22. The molecule has 0 saturated carbocycles. The third-order valence-corrected chi connectivity index (χ3v) is 3.45. The summed E-state index contributed by atoms with van der Waals surface area (Å²) in [6, 6.07) is 13.6. The smallest absolute Gasteiger partial charge is 0.127 e. The molecule has 0 fully saturated rings. The van der Waals surface area contributed by atoms with E-state index < -0.39 is 0 Å². The minimum atomic E-state index is -0.227. The Morgan fingerprint density at radius 3 is 2.60 bits per heavy atom. The highest BCUT2D eigenvalue weighted by Crippen LogP contribution is 2.19. The Hall–Kier alpha value is -1.87. The lowest BCUT2D eigenvalue weighted by Crippen LogP contribution is -2.22. The number of hydrogen-bond donors (Lipinski definition) is 1. The summed E-state index contributed by atoms with van der Waals surface area (Å²) in [6.07, 6.45) is 0. The van der Waals surface area contributed by atoms with Crippen LogP contribution in [0.5, 0.6) is 0 Å². The van der Waals surface area contributed by atoms with Gasteiger partial charge in [0.05, 0.1) is 0 Å². The van der Waals surface area contributed by atoms with Gasteiger partial charge in [0.15, 0.2) is 0 Å². The van der Waals surface area contributed by atoms with Crippen molar-refractivity contribution in [2.75, 3.05) is 11.4 Å². The van der Waals surface area contributed by atoms with Gasteiger partial charge < -0.3 is 10.6 Å². The molecule has 0 bridgehead atoms. The Morgan fingerprint density at radius 1 is 1.15 bits per heavy atom. The molecule has 0 spiro atoms. The lowest BCUT2D eigenvalue weighted by Gasteiger charge is -2.24. The summed E-state index contributed by atoms with van der Waals surface area (Å²) in [4.78, 5) is 2.26. The van der Waals surface area contributed by atoms with Crippen LogP contribution in [0.3, 0.4) is 0 Å². The molecule has 0 radical (unpaired) electrons. The van der Waals surface area contributed by atoms with Gasteiger partial charge in [-0.05, 0) is 49.2 Å². The summed E-state index contributed by atoms with van der Waals surface area (Å²) in [5, 5.41) is 0. The summed E-state index contributed by atoms with van der Waals surface area (Å²) in [5.74, 6) is -0.227. The predicted molar refractivity (Wildman–Crippen MR) is 82.2 cm³/mol. The van der Waals surface area contributed by atoms with Crippen molar-refractivity contribution in [2.45, 2.75) is 26.9 Å². The molecule has 2 rings (SSSR count). The molecule has 2 nitrogen and oxygen atoms in total. The number of rotatable bonds is 5. The molecule has 2 aromatic carbocycles. The SMILES string of the molecule is CCN(Cc1ccc(F)c(CN)c1)c1cccc(C)c1. The third kappa shape index (κ3) is 3.36. The summed E-state index contributed by atoms with van der Waals surface area (Å²) in [6.45, 7) is 6.10. The summed E-state index contributed by atoms with van der Waals surface area (Å²) < 4.78 is 13.5. The first kappa shape index (κ1) is 14.5. The van der Waals surface area contributed by atoms with Gasteiger partial charge in [0.25, 0.3) is 0 Å². The highest BCUT2D eigenvalue weighted by atomic mass is 19.1. The second-order valence-electron chi connectivity index (χ2n) is 4.98. The highest BCUT2D eigenvalue weighted by molar-refractivity contribution is 5.49. The quantitative estimate of drug-likeness (QED) is 0.900. The maximum atomic E-state index is 13.5. The molecule has 3 heteroatoms. The first-order valence-electron chi connectivity index (χ1n) is 6.93. The van der Waals surface area contributed by atoms with Gasteiger partial charge >= 0.3 is 0 Å². The Morgan fingerprint density at radius 2 is 1.95 bits per heavy atom. The van der Waals surface area contributed by atoms with E-state index in [1.807, 2.05) is 12.1 Å². The molecule has 0 atom stereocenters.